The Morgan fingerprint density at radius 2 is 0.867 bits per heavy atom. The first kappa shape index (κ1) is 26.3. The summed E-state index contributed by atoms with van der Waals surface area (Å²) in [4.78, 5) is 0. The van der Waals surface area contributed by atoms with Crippen LogP contribution in [-0.4, -0.2) is 0 Å². The molecule has 6 aromatic carbocycles. The highest BCUT2D eigenvalue weighted by Gasteiger charge is 2.22. The number of furan rings is 2. The SMILES string of the molecule is CCCc1cccc2c1oc1c(-c3ccc4c(c3)-c3cc(-c5cccc6c5oc5c(CCC)cccc56)ccc3C4)cccc12. The zero-order valence-corrected chi connectivity index (χ0v) is 25.7. The van der Waals surface area contributed by atoms with E-state index < -0.39 is 0 Å². The summed E-state index contributed by atoms with van der Waals surface area (Å²) in [7, 11) is 0. The predicted molar refractivity (Wildman–Crippen MR) is 188 cm³/mol. The third-order valence-corrected chi connectivity index (χ3v) is 9.76. The second kappa shape index (κ2) is 10.2. The molecule has 9 rings (SSSR count). The van der Waals surface area contributed by atoms with Gasteiger partial charge in [-0.1, -0.05) is 124 Å². The van der Waals surface area contributed by atoms with Gasteiger partial charge in [-0.2, -0.15) is 0 Å². The Kier molecular flexibility index (Phi) is 5.99. The van der Waals surface area contributed by atoms with Crippen LogP contribution in [0.25, 0.3) is 77.3 Å². The van der Waals surface area contributed by atoms with Gasteiger partial charge in [-0.05, 0) is 75.9 Å². The van der Waals surface area contributed by atoms with Crippen molar-refractivity contribution in [2.24, 2.45) is 0 Å². The standard InChI is InChI=1S/C43H34O2/c1-3-9-26-11-5-15-34-36-17-7-13-32(42(36)44-40(26)34)30-21-19-28-23-29-20-22-31(25-39(29)38(28)24-30)33-14-8-18-37-35-16-6-12-27(10-4-2)41(35)45-43(33)37/h5-8,11-22,24-25H,3-4,9-10,23H2,1-2H3. The number of aryl methyl sites for hydroxylation is 2. The van der Waals surface area contributed by atoms with Crippen molar-refractivity contribution in [3.63, 3.8) is 0 Å². The van der Waals surface area contributed by atoms with Crippen LogP contribution in [-0.2, 0) is 19.3 Å². The van der Waals surface area contributed by atoms with Crippen molar-refractivity contribution in [3.05, 3.63) is 131 Å². The van der Waals surface area contributed by atoms with Gasteiger partial charge >= 0.3 is 0 Å². The van der Waals surface area contributed by atoms with Crippen molar-refractivity contribution in [2.75, 3.05) is 0 Å². The fourth-order valence-corrected chi connectivity index (χ4v) is 7.65. The number of benzene rings is 6. The lowest BCUT2D eigenvalue weighted by atomic mass is 9.95. The molecule has 0 radical (unpaired) electrons. The Labute approximate surface area is 262 Å². The predicted octanol–water partition coefficient (Wildman–Crippen LogP) is 12.3. The van der Waals surface area contributed by atoms with Gasteiger partial charge in [0.05, 0.1) is 0 Å². The van der Waals surface area contributed by atoms with E-state index in [0.717, 1.165) is 65.6 Å². The lowest BCUT2D eigenvalue weighted by Gasteiger charge is -2.09. The number of hydrogen-bond acceptors (Lipinski definition) is 2. The first-order valence-corrected chi connectivity index (χ1v) is 16.3. The van der Waals surface area contributed by atoms with Gasteiger partial charge in [0.15, 0.2) is 0 Å². The van der Waals surface area contributed by atoms with Gasteiger partial charge in [0.1, 0.15) is 22.3 Å². The molecule has 2 heteroatoms. The summed E-state index contributed by atoms with van der Waals surface area (Å²) in [5.74, 6) is 0. The van der Waals surface area contributed by atoms with Crippen LogP contribution in [0.3, 0.4) is 0 Å². The highest BCUT2D eigenvalue weighted by Crippen LogP contribution is 2.44. The van der Waals surface area contributed by atoms with Gasteiger partial charge in [0.25, 0.3) is 0 Å². The smallest absolute Gasteiger partial charge is 0.143 e. The van der Waals surface area contributed by atoms with Gasteiger partial charge in [-0.15, -0.1) is 0 Å². The van der Waals surface area contributed by atoms with E-state index in [1.54, 1.807) is 0 Å². The molecule has 2 nitrogen and oxygen atoms in total. The summed E-state index contributed by atoms with van der Waals surface area (Å²) < 4.78 is 13.3. The van der Waals surface area contributed by atoms with Crippen LogP contribution in [0.1, 0.15) is 48.9 Å². The van der Waals surface area contributed by atoms with Crippen molar-refractivity contribution >= 4 is 43.9 Å². The topological polar surface area (TPSA) is 26.3 Å². The maximum absolute atomic E-state index is 6.67. The van der Waals surface area contributed by atoms with E-state index in [2.05, 4.69) is 123 Å². The lowest BCUT2D eigenvalue weighted by Crippen LogP contribution is -1.84. The quantitative estimate of drug-likeness (QED) is 0.195. The average Bonchev–Trinajstić information content (AvgIpc) is 3.76. The second-order valence-electron chi connectivity index (χ2n) is 12.6. The molecule has 0 N–H and O–H groups in total. The highest BCUT2D eigenvalue weighted by molar-refractivity contribution is 6.11. The number of rotatable bonds is 6. The molecule has 0 fully saturated rings. The van der Waals surface area contributed by atoms with E-state index in [4.69, 9.17) is 8.83 Å². The number of para-hydroxylation sites is 4. The van der Waals surface area contributed by atoms with Crippen molar-refractivity contribution in [2.45, 2.75) is 46.0 Å². The monoisotopic (exact) mass is 582 g/mol. The number of hydrogen-bond donors (Lipinski definition) is 0. The van der Waals surface area contributed by atoms with Crippen LogP contribution in [0.15, 0.2) is 118 Å². The van der Waals surface area contributed by atoms with E-state index in [1.165, 1.54) is 66.1 Å². The summed E-state index contributed by atoms with van der Waals surface area (Å²) in [6.45, 7) is 4.45. The molecule has 2 aromatic heterocycles. The van der Waals surface area contributed by atoms with Gasteiger partial charge in [-0.3, -0.25) is 0 Å². The van der Waals surface area contributed by atoms with Gasteiger partial charge in [0.2, 0.25) is 0 Å². The fourth-order valence-electron chi connectivity index (χ4n) is 7.65. The molecular formula is C43H34O2. The molecule has 0 atom stereocenters. The maximum atomic E-state index is 6.67. The van der Waals surface area contributed by atoms with Gasteiger partial charge in [-0.25, -0.2) is 0 Å². The zero-order valence-electron chi connectivity index (χ0n) is 25.7. The summed E-state index contributed by atoms with van der Waals surface area (Å²) in [5, 5.41) is 4.78. The second-order valence-corrected chi connectivity index (χ2v) is 12.6. The van der Waals surface area contributed by atoms with E-state index in [0.29, 0.717) is 0 Å². The normalized spacial score (nSPS) is 12.5. The van der Waals surface area contributed by atoms with Crippen LogP contribution in [0.2, 0.25) is 0 Å². The molecule has 8 aromatic rings. The summed E-state index contributed by atoms with van der Waals surface area (Å²) in [6, 6.07) is 40.1. The van der Waals surface area contributed by atoms with Crippen LogP contribution in [0, 0.1) is 0 Å². The number of fused-ring (bicyclic) bond motifs is 9. The molecule has 1 aliphatic rings. The third-order valence-electron chi connectivity index (χ3n) is 9.76. The molecule has 2 heterocycles. The molecular weight excluding hydrogens is 548 g/mol. The molecule has 218 valence electrons. The van der Waals surface area contributed by atoms with Crippen molar-refractivity contribution < 1.29 is 8.83 Å². The van der Waals surface area contributed by atoms with Crippen LogP contribution in [0.4, 0.5) is 0 Å². The molecule has 0 amide bonds. The Hall–Kier alpha value is -5.08. The van der Waals surface area contributed by atoms with E-state index in [9.17, 15) is 0 Å². The van der Waals surface area contributed by atoms with E-state index >= 15 is 0 Å². The minimum atomic E-state index is 0.954. The van der Waals surface area contributed by atoms with Crippen LogP contribution < -0.4 is 0 Å². The molecule has 45 heavy (non-hydrogen) atoms. The fraction of sp³-hybridized carbons (Fsp3) is 0.163. The van der Waals surface area contributed by atoms with Crippen molar-refractivity contribution in [3.8, 4) is 33.4 Å². The summed E-state index contributed by atoms with van der Waals surface area (Å²) in [6.07, 6.45) is 5.19. The largest absolute Gasteiger partial charge is 0.455 e. The lowest BCUT2D eigenvalue weighted by molar-refractivity contribution is 0.662. The Bertz CT molecular complexity index is 2260. The molecule has 0 bridgehead atoms. The maximum Gasteiger partial charge on any atom is 0.143 e. The molecule has 0 spiro atoms. The Morgan fingerprint density at radius 1 is 0.444 bits per heavy atom. The van der Waals surface area contributed by atoms with Crippen LogP contribution in [0.5, 0.6) is 0 Å². The Morgan fingerprint density at radius 3 is 1.31 bits per heavy atom. The highest BCUT2D eigenvalue weighted by atomic mass is 16.3. The first-order chi connectivity index (χ1) is 22.2. The van der Waals surface area contributed by atoms with Crippen molar-refractivity contribution in [1.82, 2.24) is 0 Å². The minimum absolute atomic E-state index is 0.954. The van der Waals surface area contributed by atoms with Gasteiger partial charge in [0, 0.05) is 32.7 Å². The van der Waals surface area contributed by atoms with E-state index in [1.807, 2.05) is 0 Å². The summed E-state index contributed by atoms with van der Waals surface area (Å²) in [5.41, 5.74) is 16.6. The third kappa shape index (κ3) is 4.02. The van der Waals surface area contributed by atoms with Crippen molar-refractivity contribution in [1.29, 1.82) is 0 Å². The van der Waals surface area contributed by atoms with Gasteiger partial charge < -0.3 is 8.83 Å². The molecule has 0 saturated heterocycles. The molecule has 0 saturated carbocycles. The minimum Gasteiger partial charge on any atom is -0.455 e. The van der Waals surface area contributed by atoms with E-state index in [-0.39, 0.29) is 0 Å². The molecule has 0 aliphatic heterocycles. The molecule has 0 unspecified atom stereocenters. The Balaban J connectivity index is 1.17. The van der Waals surface area contributed by atoms with Crippen LogP contribution >= 0.6 is 0 Å². The average molecular weight is 583 g/mol. The first-order valence-electron chi connectivity index (χ1n) is 16.3. The summed E-state index contributed by atoms with van der Waals surface area (Å²) >= 11 is 0. The molecule has 1 aliphatic carbocycles. The zero-order chi connectivity index (χ0) is 30.1.